The summed E-state index contributed by atoms with van der Waals surface area (Å²) in [5, 5.41) is 10.9. The fraction of sp³-hybridized carbons (Fsp3) is 0.333. The van der Waals surface area contributed by atoms with Crippen LogP contribution in [0.2, 0.25) is 5.02 Å². The molecule has 3 aromatic rings. The van der Waals surface area contributed by atoms with E-state index >= 15 is 0 Å². The molecular weight excluding hydrogens is 351 g/mol. The number of methoxy groups -OCH3 is 1. The van der Waals surface area contributed by atoms with Gasteiger partial charge in [0.1, 0.15) is 12.0 Å². The maximum Gasteiger partial charge on any atom is 0.275 e. The van der Waals surface area contributed by atoms with Gasteiger partial charge in [0.25, 0.3) is 5.91 Å². The third kappa shape index (κ3) is 3.47. The van der Waals surface area contributed by atoms with Crippen molar-refractivity contribution < 1.29 is 13.9 Å². The number of carbonyl (C=O) groups excluding carboxylic acids is 1. The largest absolute Gasteiger partial charge is 0.383 e. The Morgan fingerprint density at radius 3 is 3.04 bits per heavy atom. The first kappa shape index (κ1) is 17.3. The Hall–Kier alpha value is -2.52. The first-order valence-corrected chi connectivity index (χ1v) is 7.89. The van der Waals surface area contributed by atoms with Crippen LogP contribution in [-0.4, -0.2) is 43.8 Å². The van der Waals surface area contributed by atoms with Crippen LogP contribution in [0.1, 0.15) is 29.3 Å². The maximum absolute atomic E-state index is 14.4. The monoisotopic (exact) mass is 366 g/mol. The number of nitrogens with one attached hydrogen (secondary N) is 1. The molecule has 0 saturated heterocycles. The van der Waals surface area contributed by atoms with E-state index in [1.165, 1.54) is 12.3 Å². The summed E-state index contributed by atoms with van der Waals surface area (Å²) in [5.41, 5.74) is -0.0139. The molecule has 0 bridgehead atoms. The van der Waals surface area contributed by atoms with E-state index in [2.05, 4.69) is 20.5 Å². The second kappa shape index (κ2) is 7.16. The molecule has 1 atom stereocenters. The van der Waals surface area contributed by atoms with Crippen molar-refractivity contribution in [1.82, 2.24) is 29.5 Å². The summed E-state index contributed by atoms with van der Waals surface area (Å²) in [5.74, 6) is -0.883. The molecule has 0 aliphatic carbocycles. The van der Waals surface area contributed by atoms with Gasteiger partial charge in [-0.15, -0.1) is 10.2 Å². The van der Waals surface area contributed by atoms with Crippen molar-refractivity contribution in [1.29, 1.82) is 0 Å². The number of imidazole rings is 1. The van der Waals surface area contributed by atoms with E-state index in [1.807, 2.05) is 0 Å². The molecule has 1 unspecified atom stereocenters. The summed E-state index contributed by atoms with van der Waals surface area (Å²) < 4.78 is 22.3. The van der Waals surface area contributed by atoms with Crippen LogP contribution in [0, 0.1) is 5.95 Å². The lowest BCUT2D eigenvalue weighted by molar-refractivity contribution is 0.0928. The van der Waals surface area contributed by atoms with Crippen LogP contribution in [0.4, 0.5) is 4.39 Å². The van der Waals surface area contributed by atoms with Crippen molar-refractivity contribution in [2.75, 3.05) is 13.7 Å². The lowest BCUT2D eigenvalue weighted by atomic mass is 10.3. The quantitative estimate of drug-likeness (QED) is 0.719. The van der Waals surface area contributed by atoms with Crippen molar-refractivity contribution >= 4 is 23.2 Å². The van der Waals surface area contributed by atoms with Crippen LogP contribution >= 0.6 is 11.6 Å². The van der Waals surface area contributed by atoms with Crippen molar-refractivity contribution in [2.24, 2.45) is 0 Å². The maximum atomic E-state index is 14.4. The van der Waals surface area contributed by atoms with Gasteiger partial charge in [-0.05, 0) is 19.1 Å². The first-order chi connectivity index (χ1) is 12.0. The number of aromatic nitrogens is 5. The molecule has 10 heteroatoms. The second-order valence-corrected chi connectivity index (χ2v) is 5.83. The zero-order chi connectivity index (χ0) is 18.0. The Morgan fingerprint density at radius 2 is 2.28 bits per heavy atom. The van der Waals surface area contributed by atoms with E-state index in [4.69, 9.17) is 16.3 Å². The summed E-state index contributed by atoms with van der Waals surface area (Å²) in [4.78, 5) is 16.4. The minimum Gasteiger partial charge on any atom is -0.383 e. The number of nitrogens with zero attached hydrogens (tertiary/aromatic N) is 5. The van der Waals surface area contributed by atoms with Gasteiger partial charge < -0.3 is 14.6 Å². The highest BCUT2D eigenvalue weighted by molar-refractivity contribution is 6.30. The molecule has 0 radical (unpaired) electrons. The standard InChI is InChI=1S/C15H16ClFN6O2/c1-9(14-21-18-8-22(14)5-6-25-2)19-15(24)12-13(17)23-7-10(16)3-4-11(23)20-12/h3-4,7-9H,5-6H2,1-2H3,(H,19,24). The number of pyridine rings is 1. The molecule has 1 amide bonds. The Balaban J connectivity index is 1.80. The fourth-order valence-corrected chi connectivity index (χ4v) is 2.59. The molecular formula is C15H16ClFN6O2. The normalized spacial score (nSPS) is 12.5. The smallest absolute Gasteiger partial charge is 0.275 e. The number of halogens is 2. The van der Waals surface area contributed by atoms with Gasteiger partial charge in [-0.1, -0.05) is 11.6 Å². The lowest BCUT2D eigenvalue weighted by Crippen LogP contribution is -2.30. The van der Waals surface area contributed by atoms with Crippen molar-refractivity contribution in [2.45, 2.75) is 19.5 Å². The Bertz CT molecular complexity index is 909. The van der Waals surface area contributed by atoms with Crippen LogP contribution in [0.25, 0.3) is 5.65 Å². The van der Waals surface area contributed by atoms with E-state index in [9.17, 15) is 9.18 Å². The van der Waals surface area contributed by atoms with Crippen molar-refractivity contribution in [3.05, 3.63) is 47.1 Å². The van der Waals surface area contributed by atoms with Crippen LogP contribution in [0.15, 0.2) is 24.7 Å². The highest BCUT2D eigenvalue weighted by Gasteiger charge is 2.23. The Labute approximate surface area is 147 Å². The molecule has 0 fully saturated rings. The zero-order valence-electron chi connectivity index (χ0n) is 13.6. The summed E-state index contributed by atoms with van der Waals surface area (Å²) in [6.07, 6.45) is 2.91. The van der Waals surface area contributed by atoms with Crippen molar-refractivity contribution in [3.63, 3.8) is 0 Å². The zero-order valence-corrected chi connectivity index (χ0v) is 14.4. The molecule has 1 N–H and O–H groups in total. The van der Waals surface area contributed by atoms with E-state index in [1.54, 1.807) is 31.0 Å². The van der Waals surface area contributed by atoms with E-state index in [0.717, 1.165) is 4.40 Å². The van der Waals surface area contributed by atoms with Crippen LogP contribution in [-0.2, 0) is 11.3 Å². The summed E-state index contributed by atoms with van der Waals surface area (Å²) in [6.45, 7) is 2.75. The number of ether oxygens (including phenoxy) is 1. The van der Waals surface area contributed by atoms with Crippen LogP contribution in [0.3, 0.4) is 0 Å². The third-order valence-electron chi connectivity index (χ3n) is 3.66. The van der Waals surface area contributed by atoms with Crippen LogP contribution in [0.5, 0.6) is 0 Å². The van der Waals surface area contributed by atoms with Crippen molar-refractivity contribution in [3.8, 4) is 0 Å². The lowest BCUT2D eigenvalue weighted by Gasteiger charge is -2.14. The number of hydrogen-bond acceptors (Lipinski definition) is 5. The number of amides is 1. The second-order valence-electron chi connectivity index (χ2n) is 5.40. The number of rotatable bonds is 6. The van der Waals surface area contributed by atoms with Gasteiger partial charge >= 0.3 is 0 Å². The molecule has 25 heavy (non-hydrogen) atoms. The molecule has 3 rings (SSSR count). The van der Waals surface area contributed by atoms with Gasteiger partial charge in [-0.25, -0.2) is 4.98 Å². The first-order valence-electron chi connectivity index (χ1n) is 7.52. The van der Waals surface area contributed by atoms with Gasteiger partial charge in [0, 0.05) is 19.9 Å². The summed E-state index contributed by atoms with van der Waals surface area (Å²) in [7, 11) is 1.59. The molecule has 3 heterocycles. The number of carbonyl (C=O) groups is 1. The Morgan fingerprint density at radius 1 is 1.48 bits per heavy atom. The summed E-state index contributed by atoms with van der Waals surface area (Å²) in [6, 6.07) is 2.62. The molecule has 8 nitrogen and oxygen atoms in total. The third-order valence-corrected chi connectivity index (χ3v) is 3.88. The topological polar surface area (TPSA) is 86.3 Å². The summed E-state index contributed by atoms with van der Waals surface area (Å²) >= 11 is 5.85. The van der Waals surface area contributed by atoms with Gasteiger partial charge in [-0.3, -0.25) is 9.20 Å². The van der Waals surface area contributed by atoms with E-state index in [0.29, 0.717) is 29.6 Å². The van der Waals surface area contributed by atoms with Gasteiger partial charge in [-0.2, -0.15) is 4.39 Å². The molecule has 132 valence electrons. The Kier molecular flexibility index (Phi) is 4.95. The highest BCUT2D eigenvalue weighted by Crippen LogP contribution is 2.17. The average Bonchev–Trinajstić information content (AvgIpc) is 3.18. The van der Waals surface area contributed by atoms with Gasteiger partial charge in [0.2, 0.25) is 5.95 Å². The van der Waals surface area contributed by atoms with Gasteiger partial charge in [0.05, 0.1) is 17.7 Å². The molecule has 0 aliphatic rings. The molecule has 3 aromatic heterocycles. The molecule has 0 aromatic carbocycles. The minimum absolute atomic E-state index is 0.294. The predicted molar refractivity (Wildman–Crippen MR) is 87.9 cm³/mol. The number of fused-ring (bicyclic) bond motifs is 1. The fourth-order valence-electron chi connectivity index (χ4n) is 2.43. The SMILES string of the molecule is COCCn1cnnc1C(C)NC(=O)c1nc2ccc(Cl)cn2c1F. The highest BCUT2D eigenvalue weighted by atomic mass is 35.5. The minimum atomic E-state index is -0.775. The number of hydrogen-bond donors (Lipinski definition) is 1. The molecule has 0 aliphatic heterocycles. The van der Waals surface area contributed by atoms with E-state index in [-0.39, 0.29) is 5.69 Å². The average molecular weight is 367 g/mol. The predicted octanol–water partition coefficient (Wildman–Crippen LogP) is 1.86. The van der Waals surface area contributed by atoms with Crippen LogP contribution < -0.4 is 5.32 Å². The van der Waals surface area contributed by atoms with Gasteiger partial charge in [0.15, 0.2) is 11.5 Å². The van der Waals surface area contributed by atoms with E-state index < -0.39 is 17.9 Å². The molecule has 0 saturated carbocycles. The molecule has 0 spiro atoms.